The molecule has 0 aliphatic carbocycles. The predicted octanol–water partition coefficient (Wildman–Crippen LogP) is 16.2. The van der Waals surface area contributed by atoms with Crippen LogP contribution in [0.5, 0.6) is 0 Å². The van der Waals surface area contributed by atoms with Gasteiger partial charge >= 0.3 is 0 Å². The van der Waals surface area contributed by atoms with Gasteiger partial charge in [0.1, 0.15) is 5.58 Å². The van der Waals surface area contributed by atoms with Crippen molar-refractivity contribution in [2.45, 2.75) is 72.6 Å². The Hall–Kier alpha value is -6.72. The maximum Gasteiger partial charge on any atom is 0.121 e. The maximum absolute atomic E-state index is 6.83. The van der Waals surface area contributed by atoms with E-state index < -0.39 is 0 Å². The quantitative estimate of drug-likeness (QED) is 0.123. The molecule has 0 N–H and O–H groups in total. The van der Waals surface area contributed by atoms with Crippen molar-refractivity contribution >= 4 is 54.5 Å². The van der Waals surface area contributed by atoms with Crippen molar-refractivity contribution in [2.75, 3.05) is 0 Å². The van der Waals surface area contributed by atoms with E-state index in [1.807, 2.05) is 37.4 Å². The van der Waals surface area contributed by atoms with Crippen molar-refractivity contribution in [3.05, 3.63) is 192 Å². The van der Waals surface area contributed by atoms with Crippen LogP contribution in [-0.4, -0.2) is 19.5 Å². The van der Waals surface area contributed by atoms with E-state index in [0.29, 0.717) is 0 Å². The second-order valence-electron chi connectivity index (χ2n) is 18.8. The van der Waals surface area contributed by atoms with Crippen molar-refractivity contribution in [1.29, 1.82) is 0 Å². The number of para-hydroxylation sites is 2. The van der Waals surface area contributed by atoms with Crippen LogP contribution in [0.2, 0.25) is 0 Å². The van der Waals surface area contributed by atoms with Gasteiger partial charge in [-0.2, -0.15) is 0 Å². The molecule has 0 unspecified atom stereocenters. The maximum atomic E-state index is 6.83. The van der Waals surface area contributed by atoms with Gasteiger partial charge in [-0.05, 0) is 98.1 Å². The van der Waals surface area contributed by atoms with Gasteiger partial charge in [0.2, 0.25) is 0 Å². The molecule has 3 heterocycles. The molecular formula is C60H52IrN4O-2. The fourth-order valence-corrected chi connectivity index (χ4v) is 8.99. The summed E-state index contributed by atoms with van der Waals surface area (Å²) in [5.74, 6) is 2.15. The molecule has 0 saturated heterocycles. The Morgan fingerprint density at radius 2 is 1.33 bits per heavy atom. The van der Waals surface area contributed by atoms with Gasteiger partial charge in [-0.3, -0.25) is 15.0 Å². The Morgan fingerprint density at radius 3 is 2.06 bits per heavy atom. The van der Waals surface area contributed by atoms with Gasteiger partial charge in [0, 0.05) is 48.5 Å². The summed E-state index contributed by atoms with van der Waals surface area (Å²) in [7, 11) is 0. The molecule has 0 atom stereocenters. The predicted molar refractivity (Wildman–Crippen MR) is 271 cm³/mol. The van der Waals surface area contributed by atoms with Crippen LogP contribution in [0, 0.1) is 19.1 Å². The van der Waals surface area contributed by atoms with E-state index in [-0.39, 0.29) is 37.4 Å². The van der Waals surface area contributed by atoms with Crippen molar-refractivity contribution in [3.63, 3.8) is 0 Å². The molecular weight excluding hydrogens is 985 g/mol. The SMILES string of the molecule is CC(C)c1cc(-c2ccccc2)cc(C(C)C)c1-n1c(-c2[c-]ccc3c2oc2cc4c(ccc5ccccc54)cc23)nc2ccccc21.Cc1c[c-]c(-c2nccc(C(C)(C)C)n2)cc1.[Ir]. The molecule has 0 bridgehead atoms. The number of aromatic nitrogens is 4. The Labute approximate surface area is 400 Å². The second-order valence-corrected chi connectivity index (χ2v) is 18.8. The van der Waals surface area contributed by atoms with Crippen molar-refractivity contribution in [3.8, 4) is 39.6 Å². The van der Waals surface area contributed by atoms with E-state index in [1.165, 1.54) is 55.0 Å². The summed E-state index contributed by atoms with van der Waals surface area (Å²) in [6.07, 6.45) is 1.82. The number of benzene rings is 8. The van der Waals surface area contributed by atoms with E-state index in [2.05, 4.69) is 203 Å². The van der Waals surface area contributed by atoms with E-state index in [0.717, 1.165) is 61.4 Å². The van der Waals surface area contributed by atoms with Crippen LogP contribution in [0.4, 0.5) is 0 Å². The van der Waals surface area contributed by atoms with Crippen LogP contribution in [0.25, 0.3) is 94.1 Å². The van der Waals surface area contributed by atoms with Gasteiger partial charge in [-0.25, -0.2) is 0 Å². The van der Waals surface area contributed by atoms with Gasteiger partial charge in [-0.1, -0.05) is 145 Å². The van der Waals surface area contributed by atoms with E-state index >= 15 is 0 Å². The van der Waals surface area contributed by atoms with E-state index in [4.69, 9.17) is 9.40 Å². The van der Waals surface area contributed by atoms with Crippen molar-refractivity contribution in [1.82, 2.24) is 19.5 Å². The first-order valence-electron chi connectivity index (χ1n) is 22.6. The molecule has 66 heavy (non-hydrogen) atoms. The van der Waals surface area contributed by atoms with Crippen molar-refractivity contribution in [2.24, 2.45) is 0 Å². The third-order valence-electron chi connectivity index (χ3n) is 12.5. The molecule has 0 spiro atoms. The summed E-state index contributed by atoms with van der Waals surface area (Å²) < 4.78 is 9.20. The number of nitrogens with zero attached hydrogens (tertiary/aromatic N) is 4. The number of aryl methyl sites for hydroxylation is 1. The average Bonchev–Trinajstić information content (AvgIpc) is 3.89. The minimum Gasteiger partial charge on any atom is -0.501 e. The monoisotopic (exact) mass is 1040 g/mol. The first-order valence-corrected chi connectivity index (χ1v) is 22.6. The van der Waals surface area contributed by atoms with Crippen LogP contribution >= 0.6 is 0 Å². The largest absolute Gasteiger partial charge is 0.501 e. The van der Waals surface area contributed by atoms with Crippen LogP contribution in [-0.2, 0) is 25.5 Å². The Morgan fingerprint density at radius 1 is 0.621 bits per heavy atom. The molecule has 0 amide bonds. The van der Waals surface area contributed by atoms with Crippen LogP contribution in [0.15, 0.2) is 162 Å². The standard InChI is InChI=1S/C45H35N2O.C15H17N2.Ir/c1-27(2)36-24-32(29-13-6-5-7-14-29)25-37(28(3)4)43(36)47-41-20-11-10-19-40(41)46-45(47)35-18-12-17-34-39-23-31-22-21-30-15-8-9-16-33(30)38(31)26-42(39)48-44(34)35;1-11-5-7-12(8-6-11)14-16-10-9-13(17-14)15(2,3)4;/h5-17,19-28H,1-4H3;5-7,9-10H,1-4H3;/q2*-1;. The molecule has 0 fully saturated rings. The first kappa shape index (κ1) is 44.5. The molecule has 0 saturated carbocycles. The Balaban J connectivity index is 0.000000257. The number of furan rings is 1. The van der Waals surface area contributed by atoms with E-state index in [1.54, 1.807) is 0 Å². The number of fused-ring (bicyclic) bond motifs is 7. The summed E-state index contributed by atoms with van der Waals surface area (Å²) in [6.45, 7) is 17.7. The molecule has 0 aliphatic heterocycles. The normalized spacial score (nSPS) is 11.8. The molecule has 5 nitrogen and oxygen atoms in total. The number of hydrogen-bond acceptors (Lipinski definition) is 4. The first-order chi connectivity index (χ1) is 31.4. The molecule has 3 aromatic heterocycles. The van der Waals surface area contributed by atoms with Gasteiger partial charge in [0.25, 0.3) is 0 Å². The summed E-state index contributed by atoms with van der Waals surface area (Å²) in [5, 5.41) is 7.02. The molecule has 11 rings (SSSR count). The van der Waals surface area contributed by atoms with Crippen LogP contribution < -0.4 is 0 Å². The third-order valence-corrected chi connectivity index (χ3v) is 12.5. The fourth-order valence-electron chi connectivity index (χ4n) is 8.99. The molecule has 6 heteroatoms. The molecule has 1 radical (unpaired) electrons. The zero-order valence-corrected chi connectivity index (χ0v) is 41.1. The van der Waals surface area contributed by atoms with Gasteiger partial charge in [-0.15, -0.1) is 53.6 Å². The molecule has 11 aromatic rings. The summed E-state index contributed by atoms with van der Waals surface area (Å²) in [6, 6.07) is 60.3. The van der Waals surface area contributed by atoms with Gasteiger partial charge in [0.15, 0.2) is 0 Å². The van der Waals surface area contributed by atoms with Crippen LogP contribution in [0.3, 0.4) is 0 Å². The topological polar surface area (TPSA) is 56.7 Å². The molecule has 329 valence electrons. The van der Waals surface area contributed by atoms with Crippen LogP contribution in [0.1, 0.15) is 82.7 Å². The summed E-state index contributed by atoms with van der Waals surface area (Å²) in [5.41, 5.74) is 14.0. The Kier molecular flexibility index (Phi) is 12.1. The summed E-state index contributed by atoms with van der Waals surface area (Å²) >= 11 is 0. The number of rotatable bonds is 6. The molecule has 0 aliphatic rings. The number of hydrogen-bond donors (Lipinski definition) is 0. The second kappa shape index (κ2) is 17.9. The smallest absolute Gasteiger partial charge is 0.121 e. The third kappa shape index (κ3) is 8.25. The number of imidazole rings is 1. The zero-order chi connectivity index (χ0) is 45.0. The minimum atomic E-state index is 0. The van der Waals surface area contributed by atoms with Gasteiger partial charge in [0.05, 0.1) is 28.3 Å². The average molecular weight is 1040 g/mol. The summed E-state index contributed by atoms with van der Waals surface area (Å²) in [4.78, 5) is 14.2. The van der Waals surface area contributed by atoms with Gasteiger partial charge < -0.3 is 8.98 Å². The molecule has 8 aromatic carbocycles. The Bertz CT molecular complexity index is 3510. The van der Waals surface area contributed by atoms with E-state index in [9.17, 15) is 0 Å². The zero-order valence-electron chi connectivity index (χ0n) is 38.7. The minimum absolute atomic E-state index is 0. The van der Waals surface area contributed by atoms with Crippen molar-refractivity contribution < 1.29 is 24.5 Å². The fraction of sp³-hybridized carbons (Fsp3) is 0.183.